The topological polar surface area (TPSA) is 68.0 Å². The molecule has 1 N–H and O–H groups in total. The molecule has 1 heterocycles. The smallest absolute Gasteiger partial charge is 0.358 e. The minimum absolute atomic E-state index is 0.0149. The van der Waals surface area contributed by atoms with Gasteiger partial charge in [0, 0.05) is 3.57 Å². The van der Waals surface area contributed by atoms with Gasteiger partial charge < -0.3 is 5.11 Å². The highest BCUT2D eigenvalue weighted by Crippen LogP contribution is 2.14. The van der Waals surface area contributed by atoms with Crippen LogP contribution in [0.25, 0.3) is 5.69 Å². The Kier molecular flexibility index (Phi) is 2.90. The van der Waals surface area contributed by atoms with Gasteiger partial charge in [-0.05, 0) is 47.7 Å². The molecule has 16 heavy (non-hydrogen) atoms. The molecule has 0 saturated carbocycles. The summed E-state index contributed by atoms with van der Waals surface area (Å²) >= 11 is 2.19. The lowest BCUT2D eigenvalue weighted by Gasteiger charge is -2.02. The van der Waals surface area contributed by atoms with Crippen molar-refractivity contribution in [3.63, 3.8) is 0 Å². The van der Waals surface area contributed by atoms with Crippen molar-refractivity contribution in [2.45, 2.75) is 6.92 Å². The molecule has 2 aromatic rings. The summed E-state index contributed by atoms with van der Waals surface area (Å²) in [5.41, 5.74) is 1.32. The average molecular weight is 329 g/mol. The van der Waals surface area contributed by atoms with Crippen LogP contribution >= 0.6 is 22.6 Å². The maximum atomic E-state index is 10.8. The summed E-state index contributed by atoms with van der Waals surface area (Å²) in [6.07, 6.45) is 0. The summed E-state index contributed by atoms with van der Waals surface area (Å²) < 4.78 is 2.58. The number of carboxylic acids is 1. The molecule has 5 nitrogen and oxygen atoms in total. The fourth-order valence-electron chi connectivity index (χ4n) is 1.38. The number of carbonyl (C=O) groups is 1. The molecular formula is C10H8IN3O2. The molecule has 6 heteroatoms. The van der Waals surface area contributed by atoms with E-state index in [1.807, 2.05) is 24.3 Å². The van der Waals surface area contributed by atoms with Gasteiger partial charge in [-0.1, -0.05) is 11.3 Å². The highest BCUT2D eigenvalue weighted by Gasteiger charge is 2.15. The molecule has 0 unspecified atom stereocenters. The molecule has 0 fully saturated rings. The van der Waals surface area contributed by atoms with E-state index in [1.54, 1.807) is 6.92 Å². The Morgan fingerprint density at radius 2 is 2.25 bits per heavy atom. The van der Waals surface area contributed by atoms with Crippen molar-refractivity contribution in [1.82, 2.24) is 15.0 Å². The van der Waals surface area contributed by atoms with Crippen molar-refractivity contribution in [2.24, 2.45) is 0 Å². The lowest BCUT2D eigenvalue weighted by atomic mass is 10.3. The van der Waals surface area contributed by atoms with E-state index in [9.17, 15) is 4.79 Å². The van der Waals surface area contributed by atoms with Crippen molar-refractivity contribution in [2.75, 3.05) is 0 Å². The zero-order valence-electron chi connectivity index (χ0n) is 8.38. The number of carboxylic acid groups (broad SMARTS) is 1. The highest BCUT2D eigenvalue weighted by molar-refractivity contribution is 14.1. The molecule has 2 rings (SSSR count). The molecule has 1 aromatic heterocycles. The summed E-state index contributed by atoms with van der Waals surface area (Å²) in [5, 5.41) is 16.3. The van der Waals surface area contributed by atoms with Gasteiger partial charge in [-0.3, -0.25) is 0 Å². The zero-order valence-corrected chi connectivity index (χ0v) is 10.5. The van der Waals surface area contributed by atoms with Crippen LogP contribution in [0.1, 0.15) is 16.2 Å². The van der Waals surface area contributed by atoms with Crippen LogP contribution in [0.5, 0.6) is 0 Å². The van der Waals surface area contributed by atoms with Crippen molar-refractivity contribution >= 4 is 28.6 Å². The predicted octanol–water partition coefficient (Wildman–Crippen LogP) is 1.88. The summed E-state index contributed by atoms with van der Waals surface area (Å²) in [4.78, 5) is 10.8. The maximum Gasteiger partial charge on any atom is 0.358 e. The van der Waals surface area contributed by atoms with Gasteiger partial charge in [0.15, 0.2) is 5.69 Å². The van der Waals surface area contributed by atoms with Crippen LogP contribution in [0.3, 0.4) is 0 Å². The van der Waals surface area contributed by atoms with Crippen LogP contribution in [0.15, 0.2) is 24.3 Å². The number of aromatic nitrogens is 3. The third-order valence-corrected chi connectivity index (χ3v) is 2.82. The minimum Gasteiger partial charge on any atom is -0.476 e. The molecule has 1 aromatic carbocycles. The second kappa shape index (κ2) is 4.20. The Hall–Kier alpha value is -1.44. The number of nitrogens with zero attached hydrogens (tertiary/aromatic N) is 3. The summed E-state index contributed by atoms with van der Waals surface area (Å²) in [5.74, 6) is -1.06. The van der Waals surface area contributed by atoms with Gasteiger partial charge in [0.1, 0.15) is 0 Å². The van der Waals surface area contributed by atoms with Crippen molar-refractivity contribution in [3.05, 3.63) is 39.2 Å². The van der Waals surface area contributed by atoms with Crippen molar-refractivity contribution in [1.29, 1.82) is 0 Å². The number of benzene rings is 1. The third-order valence-electron chi connectivity index (χ3n) is 2.15. The van der Waals surface area contributed by atoms with E-state index in [0.717, 1.165) is 9.26 Å². The van der Waals surface area contributed by atoms with Gasteiger partial charge in [-0.2, -0.15) is 0 Å². The first kappa shape index (κ1) is 11.1. The molecule has 0 amide bonds. The Labute approximate surface area is 105 Å². The predicted molar refractivity (Wildman–Crippen MR) is 65.8 cm³/mol. The molecule has 0 aliphatic heterocycles. The van der Waals surface area contributed by atoms with Crippen LogP contribution in [-0.2, 0) is 0 Å². The molecule has 0 spiro atoms. The first-order valence-electron chi connectivity index (χ1n) is 4.51. The number of halogens is 1. The average Bonchev–Trinajstić information content (AvgIpc) is 2.60. The molecular weight excluding hydrogens is 321 g/mol. The van der Waals surface area contributed by atoms with E-state index < -0.39 is 5.97 Å². The van der Waals surface area contributed by atoms with Gasteiger partial charge in [0.2, 0.25) is 0 Å². The Morgan fingerprint density at radius 3 is 2.81 bits per heavy atom. The molecule has 0 radical (unpaired) electrons. The highest BCUT2D eigenvalue weighted by atomic mass is 127. The SMILES string of the molecule is Cc1c(C(=O)O)nnn1-c1cccc(I)c1. The summed E-state index contributed by atoms with van der Waals surface area (Å²) in [6.45, 7) is 1.68. The van der Waals surface area contributed by atoms with E-state index in [2.05, 4.69) is 32.9 Å². The van der Waals surface area contributed by atoms with Crippen LogP contribution in [-0.4, -0.2) is 26.1 Å². The van der Waals surface area contributed by atoms with Gasteiger partial charge >= 0.3 is 5.97 Å². The first-order valence-corrected chi connectivity index (χ1v) is 5.59. The van der Waals surface area contributed by atoms with Crippen molar-refractivity contribution in [3.8, 4) is 5.69 Å². The molecule has 0 saturated heterocycles. The van der Waals surface area contributed by atoms with Gasteiger partial charge in [-0.15, -0.1) is 5.10 Å². The Morgan fingerprint density at radius 1 is 1.50 bits per heavy atom. The number of rotatable bonds is 2. The maximum absolute atomic E-state index is 10.8. The largest absolute Gasteiger partial charge is 0.476 e. The quantitative estimate of drug-likeness (QED) is 0.855. The lowest BCUT2D eigenvalue weighted by molar-refractivity contribution is 0.0689. The second-order valence-electron chi connectivity index (χ2n) is 3.22. The summed E-state index contributed by atoms with van der Waals surface area (Å²) in [6, 6.07) is 7.61. The summed E-state index contributed by atoms with van der Waals surface area (Å²) in [7, 11) is 0. The van der Waals surface area contributed by atoms with Gasteiger partial charge in [0.25, 0.3) is 0 Å². The van der Waals surface area contributed by atoms with Crippen LogP contribution in [0.4, 0.5) is 0 Å². The van der Waals surface area contributed by atoms with E-state index in [0.29, 0.717) is 5.69 Å². The van der Waals surface area contributed by atoms with Gasteiger partial charge in [-0.25, -0.2) is 9.48 Å². The molecule has 0 bridgehead atoms. The van der Waals surface area contributed by atoms with Crippen LogP contribution in [0, 0.1) is 10.5 Å². The number of hydrogen-bond acceptors (Lipinski definition) is 3. The second-order valence-corrected chi connectivity index (χ2v) is 4.47. The fourth-order valence-corrected chi connectivity index (χ4v) is 1.91. The van der Waals surface area contributed by atoms with Crippen LogP contribution in [0.2, 0.25) is 0 Å². The molecule has 0 aliphatic rings. The zero-order chi connectivity index (χ0) is 11.7. The normalized spacial score (nSPS) is 10.4. The third kappa shape index (κ3) is 1.92. The van der Waals surface area contributed by atoms with Crippen molar-refractivity contribution < 1.29 is 9.90 Å². The number of aromatic carboxylic acids is 1. The number of hydrogen-bond donors (Lipinski definition) is 1. The van der Waals surface area contributed by atoms with Crippen LogP contribution < -0.4 is 0 Å². The lowest BCUT2D eigenvalue weighted by Crippen LogP contribution is -2.02. The molecule has 0 atom stereocenters. The van der Waals surface area contributed by atoms with E-state index >= 15 is 0 Å². The van der Waals surface area contributed by atoms with E-state index in [-0.39, 0.29) is 5.69 Å². The minimum atomic E-state index is -1.06. The van der Waals surface area contributed by atoms with E-state index in [4.69, 9.17) is 5.11 Å². The van der Waals surface area contributed by atoms with Gasteiger partial charge in [0.05, 0.1) is 11.4 Å². The Bertz CT molecular complexity index is 551. The van der Waals surface area contributed by atoms with E-state index in [1.165, 1.54) is 4.68 Å². The fraction of sp³-hybridized carbons (Fsp3) is 0.100. The molecule has 82 valence electrons. The monoisotopic (exact) mass is 329 g/mol. The standard InChI is InChI=1S/C10H8IN3O2/c1-6-9(10(15)16)12-13-14(6)8-4-2-3-7(11)5-8/h2-5H,1H3,(H,15,16). The first-order chi connectivity index (χ1) is 7.59. The Balaban J connectivity index is 2.53. The molecule has 0 aliphatic carbocycles.